The van der Waals surface area contributed by atoms with Gasteiger partial charge in [0.05, 0.1) is 19.4 Å². The van der Waals surface area contributed by atoms with E-state index in [-0.39, 0.29) is 5.95 Å². The zero-order chi connectivity index (χ0) is 15.8. The monoisotopic (exact) mass is 312 g/mol. The third-order valence-electron chi connectivity index (χ3n) is 3.71. The first-order valence-corrected chi connectivity index (χ1v) is 7.40. The van der Waals surface area contributed by atoms with E-state index < -0.39 is 0 Å². The summed E-state index contributed by atoms with van der Waals surface area (Å²) >= 11 is 0. The Balaban J connectivity index is 1.86. The summed E-state index contributed by atoms with van der Waals surface area (Å²) < 4.78 is 11.0. The van der Waals surface area contributed by atoms with E-state index >= 15 is 0 Å². The molecule has 118 valence electrons. The zero-order valence-corrected chi connectivity index (χ0v) is 12.7. The van der Waals surface area contributed by atoms with Crippen LogP contribution >= 0.6 is 0 Å². The summed E-state index contributed by atoms with van der Waals surface area (Å²) in [6.07, 6.45) is 1.64. The smallest absolute Gasteiger partial charge is 0.224 e. The number of nitrogens with two attached hydrogens (primary N) is 1. The Morgan fingerprint density at radius 2 is 1.96 bits per heavy atom. The molecule has 23 heavy (non-hydrogen) atoms. The average Bonchev–Trinajstić information content (AvgIpc) is 3.01. The lowest BCUT2D eigenvalue weighted by atomic mass is 10.3. The van der Waals surface area contributed by atoms with Gasteiger partial charge in [-0.15, -0.1) is 0 Å². The SMILES string of the molecule is Cc1ccc(-c2cnc3nc(N)nc(N4CCOCC4)c3n2)o1. The Kier molecular flexibility index (Phi) is 3.30. The van der Waals surface area contributed by atoms with Crippen LogP contribution in [0.5, 0.6) is 0 Å². The van der Waals surface area contributed by atoms with Gasteiger partial charge in [-0.3, -0.25) is 0 Å². The van der Waals surface area contributed by atoms with Crippen LogP contribution in [0.15, 0.2) is 22.7 Å². The minimum atomic E-state index is 0.190. The van der Waals surface area contributed by atoms with Crippen molar-refractivity contribution in [2.24, 2.45) is 0 Å². The number of furan rings is 1. The molecule has 0 unspecified atom stereocenters. The van der Waals surface area contributed by atoms with Crippen molar-refractivity contribution < 1.29 is 9.15 Å². The molecule has 4 heterocycles. The predicted molar refractivity (Wildman–Crippen MR) is 85.0 cm³/mol. The fraction of sp³-hybridized carbons (Fsp3) is 0.333. The van der Waals surface area contributed by atoms with E-state index in [2.05, 4.69) is 24.8 Å². The molecule has 0 bridgehead atoms. The molecule has 3 aromatic rings. The van der Waals surface area contributed by atoms with Gasteiger partial charge in [0, 0.05) is 13.1 Å². The number of morpholine rings is 1. The molecule has 0 aromatic carbocycles. The maximum atomic E-state index is 5.82. The second-order valence-corrected chi connectivity index (χ2v) is 5.34. The van der Waals surface area contributed by atoms with Gasteiger partial charge in [0.2, 0.25) is 5.95 Å². The molecule has 0 aliphatic carbocycles. The van der Waals surface area contributed by atoms with Gasteiger partial charge in [0.1, 0.15) is 11.5 Å². The normalized spacial score (nSPS) is 15.3. The lowest BCUT2D eigenvalue weighted by Gasteiger charge is -2.28. The lowest BCUT2D eigenvalue weighted by molar-refractivity contribution is 0.122. The van der Waals surface area contributed by atoms with E-state index in [1.165, 1.54) is 0 Å². The number of fused-ring (bicyclic) bond motifs is 1. The van der Waals surface area contributed by atoms with Crippen molar-refractivity contribution in [2.75, 3.05) is 36.9 Å². The highest BCUT2D eigenvalue weighted by atomic mass is 16.5. The van der Waals surface area contributed by atoms with Crippen LogP contribution in [-0.4, -0.2) is 46.2 Å². The fourth-order valence-electron chi connectivity index (χ4n) is 2.60. The van der Waals surface area contributed by atoms with Crippen LogP contribution in [0.2, 0.25) is 0 Å². The number of aryl methyl sites for hydroxylation is 1. The molecule has 1 saturated heterocycles. The van der Waals surface area contributed by atoms with Crippen LogP contribution in [0.1, 0.15) is 5.76 Å². The van der Waals surface area contributed by atoms with Crippen LogP contribution in [0, 0.1) is 6.92 Å². The Morgan fingerprint density at radius 1 is 1.13 bits per heavy atom. The first-order chi connectivity index (χ1) is 11.2. The van der Waals surface area contributed by atoms with Crippen LogP contribution in [0.3, 0.4) is 0 Å². The summed E-state index contributed by atoms with van der Waals surface area (Å²) in [5.74, 6) is 2.37. The summed E-state index contributed by atoms with van der Waals surface area (Å²) in [4.78, 5) is 19.7. The molecule has 8 heteroatoms. The molecule has 1 aliphatic heterocycles. The number of anilines is 2. The van der Waals surface area contributed by atoms with Gasteiger partial charge in [-0.1, -0.05) is 0 Å². The summed E-state index contributed by atoms with van der Waals surface area (Å²) in [5, 5.41) is 0. The summed E-state index contributed by atoms with van der Waals surface area (Å²) in [6, 6.07) is 3.77. The molecular weight excluding hydrogens is 296 g/mol. The number of hydrogen-bond donors (Lipinski definition) is 1. The molecule has 0 atom stereocenters. The largest absolute Gasteiger partial charge is 0.460 e. The highest BCUT2D eigenvalue weighted by molar-refractivity contribution is 5.85. The molecule has 0 saturated carbocycles. The van der Waals surface area contributed by atoms with E-state index in [4.69, 9.17) is 14.9 Å². The summed E-state index contributed by atoms with van der Waals surface area (Å²) in [6.45, 7) is 4.65. The van der Waals surface area contributed by atoms with Gasteiger partial charge >= 0.3 is 0 Å². The second-order valence-electron chi connectivity index (χ2n) is 5.34. The topological polar surface area (TPSA) is 103 Å². The molecule has 4 rings (SSSR count). The Bertz CT molecular complexity index is 856. The zero-order valence-electron chi connectivity index (χ0n) is 12.7. The molecule has 1 aliphatic rings. The Morgan fingerprint density at radius 3 is 2.70 bits per heavy atom. The molecule has 0 amide bonds. The van der Waals surface area contributed by atoms with Gasteiger partial charge < -0.3 is 19.8 Å². The fourth-order valence-corrected chi connectivity index (χ4v) is 2.60. The van der Waals surface area contributed by atoms with Crippen molar-refractivity contribution in [1.82, 2.24) is 19.9 Å². The van der Waals surface area contributed by atoms with Crippen LogP contribution < -0.4 is 10.6 Å². The highest BCUT2D eigenvalue weighted by Crippen LogP contribution is 2.26. The molecule has 2 N–H and O–H groups in total. The third-order valence-corrected chi connectivity index (χ3v) is 3.71. The van der Waals surface area contributed by atoms with E-state index in [0.717, 1.165) is 18.8 Å². The number of rotatable bonds is 2. The maximum Gasteiger partial charge on any atom is 0.224 e. The second kappa shape index (κ2) is 5.47. The van der Waals surface area contributed by atoms with E-state index in [1.807, 2.05) is 19.1 Å². The Labute approximate surface area is 132 Å². The molecule has 0 spiro atoms. The van der Waals surface area contributed by atoms with Gasteiger partial charge in [0.25, 0.3) is 0 Å². The van der Waals surface area contributed by atoms with E-state index in [1.54, 1.807) is 6.20 Å². The van der Waals surface area contributed by atoms with Gasteiger partial charge in [-0.25, -0.2) is 9.97 Å². The predicted octanol–water partition coefficient (Wildman–Crippen LogP) is 1.41. The van der Waals surface area contributed by atoms with Crippen molar-refractivity contribution in [3.63, 3.8) is 0 Å². The van der Waals surface area contributed by atoms with Gasteiger partial charge in [-0.2, -0.15) is 9.97 Å². The van der Waals surface area contributed by atoms with Gasteiger partial charge in [-0.05, 0) is 19.1 Å². The minimum Gasteiger partial charge on any atom is -0.460 e. The average molecular weight is 312 g/mol. The standard InChI is InChI=1S/C15H16N6O2/c1-9-2-3-11(23-9)10-8-17-13-12(18-10)14(20-15(16)19-13)21-4-6-22-7-5-21/h2-3,8H,4-7H2,1H3,(H2,16,17,19,20). The van der Waals surface area contributed by atoms with Crippen molar-refractivity contribution in [2.45, 2.75) is 6.92 Å². The van der Waals surface area contributed by atoms with Crippen LogP contribution in [0.25, 0.3) is 22.6 Å². The van der Waals surface area contributed by atoms with Crippen LogP contribution in [0.4, 0.5) is 11.8 Å². The number of hydrogen-bond acceptors (Lipinski definition) is 8. The molecule has 8 nitrogen and oxygen atoms in total. The first-order valence-electron chi connectivity index (χ1n) is 7.40. The maximum absolute atomic E-state index is 5.82. The number of aromatic nitrogens is 4. The number of nitrogen functional groups attached to an aromatic ring is 1. The van der Waals surface area contributed by atoms with Crippen molar-refractivity contribution in [3.05, 3.63) is 24.1 Å². The summed E-state index contributed by atoms with van der Waals surface area (Å²) in [7, 11) is 0. The molecule has 3 aromatic heterocycles. The molecular formula is C15H16N6O2. The van der Waals surface area contributed by atoms with Crippen LogP contribution in [-0.2, 0) is 4.74 Å². The van der Waals surface area contributed by atoms with E-state index in [9.17, 15) is 0 Å². The minimum absolute atomic E-state index is 0.190. The third kappa shape index (κ3) is 2.57. The molecule has 1 fully saturated rings. The quantitative estimate of drug-likeness (QED) is 0.757. The lowest BCUT2D eigenvalue weighted by Crippen LogP contribution is -2.37. The van der Waals surface area contributed by atoms with Crippen molar-refractivity contribution >= 4 is 22.9 Å². The Hall–Kier alpha value is -2.74. The summed E-state index contributed by atoms with van der Waals surface area (Å²) in [5.41, 5.74) is 7.56. The van der Waals surface area contributed by atoms with Crippen molar-refractivity contribution in [3.8, 4) is 11.5 Å². The highest BCUT2D eigenvalue weighted by Gasteiger charge is 2.19. The van der Waals surface area contributed by atoms with Crippen molar-refractivity contribution in [1.29, 1.82) is 0 Å². The number of ether oxygens (including phenoxy) is 1. The molecule has 0 radical (unpaired) electrons. The van der Waals surface area contributed by atoms with E-state index in [0.29, 0.717) is 41.6 Å². The first kappa shape index (κ1) is 13.9. The van der Waals surface area contributed by atoms with Gasteiger partial charge in [0.15, 0.2) is 22.7 Å². The number of nitrogens with zero attached hydrogens (tertiary/aromatic N) is 5.